The number of hydrogen-bond donors (Lipinski definition) is 1. The van der Waals surface area contributed by atoms with Crippen molar-refractivity contribution in [3.8, 4) is 17.6 Å². The summed E-state index contributed by atoms with van der Waals surface area (Å²) in [6, 6.07) is 15.6. The molecule has 2 N–H and O–H groups in total. The van der Waals surface area contributed by atoms with E-state index in [0.717, 1.165) is 22.4 Å². The molecule has 2 aliphatic rings. The maximum atomic E-state index is 13.2. The zero-order valence-corrected chi connectivity index (χ0v) is 19.4. The molecule has 0 fully saturated rings. The molecule has 4 rings (SSSR count). The maximum absolute atomic E-state index is 13.2. The number of hydrogen-bond acceptors (Lipinski definition) is 6. The number of nitriles is 1. The Bertz CT molecular complexity index is 1200. The Balaban J connectivity index is 1.74. The topological polar surface area (TPSA) is 94.6 Å². The molecular weight excluding hydrogens is 416 g/mol. The van der Waals surface area contributed by atoms with Gasteiger partial charge in [0.2, 0.25) is 5.88 Å². The van der Waals surface area contributed by atoms with Crippen molar-refractivity contribution < 1.29 is 19.0 Å². The van der Waals surface area contributed by atoms with Crippen molar-refractivity contribution in [1.82, 2.24) is 0 Å². The zero-order valence-electron chi connectivity index (χ0n) is 19.4. The van der Waals surface area contributed by atoms with E-state index in [1.807, 2.05) is 63.2 Å². The third-order valence-corrected chi connectivity index (χ3v) is 6.13. The standard InChI is InChI=1S/C27H28N2O4/c1-16-5-8-19(9-6-16)32-15-18-11-17(7-10-22(18)31-4)24-20(14-28)26(29)33-23-13-27(2,3)12-21(30)25(23)24/h5-11,24H,12-13,15,29H2,1-4H3/t24-/m0/s1. The number of ketones is 1. The lowest BCUT2D eigenvalue weighted by molar-refractivity contribution is -0.119. The molecule has 1 heterocycles. The molecule has 1 atom stereocenters. The monoisotopic (exact) mass is 444 g/mol. The van der Waals surface area contributed by atoms with Crippen LogP contribution in [0.4, 0.5) is 0 Å². The van der Waals surface area contributed by atoms with E-state index in [9.17, 15) is 10.1 Å². The smallest absolute Gasteiger partial charge is 0.205 e. The first kappa shape index (κ1) is 22.5. The number of nitrogens with zero attached hydrogens (tertiary/aromatic N) is 1. The van der Waals surface area contributed by atoms with E-state index in [4.69, 9.17) is 19.9 Å². The normalized spacial score (nSPS) is 19.5. The lowest BCUT2D eigenvalue weighted by Gasteiger charge is -2.37. The minimum Gasteiger partial charge on any atom is -0.496 e. The first-order chi connectivity index (χ1) is 15.7. The lowest BCUT2D eigenvalue weighted by atomic mass is 9.70. The molecule has 6 nitrogen and oxygen atoms in total. The van der Waals surface area contributed by atoms with E-state index in [-0.39, 0.29) is 29.3 Å². The number of aryl methyl sites for hydroxylation is 1. The summed E-state index contributed by atoms with van der Waals surface area (Å²) in [4.78, 5) is 13.2. The van der Waals surface area contributed by atoms with Gasteiger partial charge in [-0.2, -0.15) is 5.26 Å². The molecule has 0 spiro atoms. The highest BCUT2D eigenvalue weighted by molar-refractivity contribution is 6.00. The summed E-state index contributed by atoms with van der Waals surface area (Å²) in [6.45, 7) is 6.35. The summed E-state index contributed by atoms with van der Waals surface area (Å²) in [5, 5.41) is 9.87. The van der Waals surface area contributed by atoms with Gasteiger partial charge < -0.3 is 19.9 Å². The van der Waals surface area contributed by atoms with Crippen molar-refractivity contribution in [2.24, 2.45) is 11.1 Å². The largest absolute Gasteiger partial charge is 0.496 e. The molecule has 2 aromatic carbocycles. The number of rotatable bonds is 5. The van der Waals surface area contributed by atoms with E-state index >= 15 is 0 Å². The van der Waals surface area contributed by atoms with E-state index < -0.39 is 5.92 Å². The molecule has 170 valence electrons. The second-order valence-electron chi connectivity index (χ2n) is 9.38. The number of carbonyl (C=O) groups excluding carboxylic acids is 1. The van der Waals surface area contributed by atoms with Crippen LogP contribution in [0, 0.1) is 23.7 Å². The predicted octanol–water partition coefficient (Wildman–Crippen LogP) is 5.03. The Kier molecular flexibility index (Phi) is 5.90. The minimum absolute atomic E-state index is 0.0141. The SMILES string of the molecule is COc1ccc([C@H]2C(C#N)=C(N)OC3=C2C(=O)CC(C)(C)C3)cc1COc1ccc(C)cc1. The molecule has 0 aromatic heterocycles. The van der Waals surface area contributed by atoms with E-state index in [0.29, 0.717) is 29.9 Å². The minimum atomic E-state index is -0.577. The van der Waals surface area contributed by atoms with E-state index in [1.54, 1.807) is 7.11 Å². The summed E-state index contributed by atoms with van der Waals surface area (Å²) >= 11 is 0. The number of methoxy groups -OCH3 is 1. The summed E-state index contributed by atoms with van der Waals surface area (Å²) in [5.74, 6) is 1.44. The summed E-state index contributed by atoms with van der Waals surface area (Å²) in [7, 11) is 1.60. The molecule has 0 unspecified atom stereocenters. The van der Waals surface area contributed by atoms with Crippen LogP contribution in [0.15, 0.2) is 65.3 Å². The first-order valence-electron chi connectivity index (χ1n) is 10.9. The average molecular weight is 445 g/mol. The van der Waals surface area contributed by atoms with Gasteiger partial charge in [-0.3, -0.25) is 4.79 Å². The molecule has 0 radical (unpaired) electrons. The third kappa shape index (κ3) is 4.45. The number of carbonyl (C=O) groups is 1. The van der Waals surface area contributed by atoms with Gasteiger partial charge in [-0.25, -0.2) is 0 Å². The van der Waals surface area contributed by atoms with Crippen LogP contribution in [0.5, 0.6) is 11.5 Å². The summed E-state index contributed by atoms with van der Waals surface area (Å²) in [5.41, 5.74) is 9.43. The van der Waals surface area contributed by atoms with E-state index in [2.05, 4.69) is 6.07 Å². The predicted molar refractivity (Wildman–Crippen MR) is 124 cm³/mol. The van der Waals surface area contributed by atoms with Crippen molar-refractivity contribution in [1.29, 1.82) is 5.26 Å². The van der Waals surface area contributed by atoms with Crippen molar-refractivity contribution in [3.63, 3.8) is 0 Å². The van der Waals surface area contributed by atoms with Gasteiger partial charge in [0.15, 0.2) is 5.78 Å². The fourth-order valence-corrected chi connectivity index (χ4v) is 4.50. The molecule has 6 heteroatoms. The van der Waals surface area contributed by atoms with Crippen molar-refractivity contribution in [2.75, 3.05) is 7.11 Å². The molecule has 0 amide bonds. The Labute approximate surface area is 194 Å². The van der Waals surface area contributed by atoms with Gasteiger partial charge in [0.25, 0.3) is 0 Å². The second-order valence-corrected chi connectivity index (χ2v) is 9.38. The van der Waals surface area contributed by atoms with Crippen LogP contribution >= 0.6 is 0 Å². The van der Waals surface area contributed by atoms with Crippen LogP contribution in [-0.4, -0.2) is 12.9 Å². The van der Waals surface area contributed by atoms with Crippen molar-refractivity contribution in [2.45, 2.75) is 46.1 Å². The van der Waals surface area contributed by atoms with Crippen LogP contribution < -0.4 is 15.2 Å². The summed E-state index contributed by atoms with van der Waals surface area (Å²) < 4.78 is 17.3. The molecular formula is C27H28N2O4. The van der Waals surface area contributed by atoms with Gasteiger partial charge in [0, 0.05) is 24.0 Å². The molecule has 2 aromatic rings. The number of nitrogens with two attached hydrogens (primary N) is 1. The van der Waals surface area contributed by atoms with Gasteiger partial charge in [-0.15, -0.1) is 0 Å². The highest BCUT2D eigenvalue weighted by Gasteiger charge is 2.43. The Morgan fingerprint density at radius 1 is 1.18 bits per heavy atom. The fourth-order valence-electron chi connectivity index (χ4n) is 4.50. The Morgan fingerprint density at radius 3 is 2.58 bits per heavy atom. The van der Waals surface area contributed by atoms with Crippen LogP contribution in [0.1, 0.15) is 49.3 Å². The lowest BCUT2D eigenvalue weighted by Crippen LogP contribution is -2.33. The maximum Gasteiger partial charge on any atom is 0.205 e. The van der Waals surface area contributed by atoms with Gasteiger partial charge in [0.1, 0.15) is 35.5 Å². The highest BCUT2D eigenvalue weighted by atomic mass is 16.5. The number of benzene rings is 2. The average Bonchev–Trinajstić information content (AvgIpc) is 2.76. The quantitative estimate of drug-likeness (QED) is 0.695. The van der Waals surface area contributed by atoms with Gasteiger partial charge in [-0.1, -0.05) is 37.6 Å². The first-order valence-corrected chi connectivity index (χ1v) is 10.9. The van der Waals surface area contributed by atoms with Gasteiger partial charge in [0.05, 0.1) is 13.0 Å². The zero-order chi connectivity index (χ0) is 23.8. The van der Waals surface area contributed by atoms with Crippen LogP contribution in [0.2, 0.25) is 0 Å². The molecule has 0 saturated carbocycles. The molecule has 0 saturated heterocycles. The van der Waals surface area contributed by atoms with Crippen molar-refractivity contribution >= 4 is 5.78 Å². The number of Topliss-reactive ketones (excluding diaryl/α,β-unsaturated/α-hetero) is 1. The second kappa shape index (κ2) is 8.67. The Hall–Kier alpha value is -3.72. The van der Waals surface area contributed by atoms with Crippen molar-refractivity contribution in [3.05, 3.63) is 81.9 Å². The molecule has 0 bridgehead atoms. The van der Waals surface area contributed by atoms with Gasteiger partial charge in [-0.05, 0) is 42.2 Å². The van der Waals surface area contributed by atoms with Crippen LogP contribution in [-0.2, 0) is 16.1 Å². The fraction of sp³-hybridized carbons (Fsp3) is 0.333. The number of allylic oxidation sites excluding steroid dienone is 3. The van der Waals surface area contributed by atoms with Gasteiger partial charge >= 0.3 is 0 Å². The van der Waals surface area contributed by atoms with E-state index in [1.165, 1.54) is 0 Å². The molecule has 1 aliphatic heterocycles. The Morgan fingerprint density at radius 2 is 1.91 bits per heavy atom. The third-order valence-electron chi connectivity index (χ3n) is 6.13. The molecule has 1 aliphatic carbocycles. The van der Waals surface area contributed by atoms with Crippen LogP contribution in [0.25, 0.3) is 0 Å². The number of ether oxygens (including phenoxy) is 3. The summed E-state index contributed by atoms with van der Waals surface area (Å²) in [6.07, 6.45) is 0.980. The highest BCUT2D eigenvalue weighted by Crippen LogP contribution is 2.48. The molecule has 33 heavy (non-hydrogen) atoms. The van der Waals surface area contributed by atoms with Crippen LogP contribution in [0.3, 0.4) is 0 Å².